The maximum absolute atomic E-state index is 13.9. The molecule has 0 bridgehead atoms. The number of anilines is 2. The van der Waals surface area contributed by atoms with Gasteiger partial charge >= 0.3 is 0 Å². The molecule has 56 heavy (non-hydrogen) atoms. The number of aromatic nitrogens is 1. The van der Waals surface area contributed by atoms with Crippen LogP contribution in [0.15, 0.2) is 36.4 Å². The fraction of sp³-hybridized carbons (Fsp3) is 0.375. The SMILES string of the molecule is CCN(CCNC(=O)CCCCNc1cccc2c1C(=O)N(C1CCC(=O)NC1=O)C2=O)CCNC(=O)c1c(C)[nH]c(/C=C2\C(=O)Nc3ccc(F)cc32)c1C. The van der Waals surface area contributed by atoms with E-state index in [1.807, 2.05) is 6.92 Å². The number of carbonyl (C=O) groups excluding carboxylic acids is 7. The molecule has 0 radical (unpaired) electrons. The Balaban J connectivity index is 0.898. The summed E-state index contributed by atoms with van der Waals surface area (Å²) in [5.41, 5.74) is 4.55. The van der Waals surface area contributed by atoms with Crippen molar-refractivity contribution in [3.8, 4) is 0 Å². The van der Waals surface area contributed by atoms with Crippen molar-refractivity contribution in [3.63, 3.8) is 0 Å². The summed E-state index contributed by atoms with van der Waals surface area (Å²) in [6.07, 6.45) is 3.27. The number of rotatable bonds is 16. The molecular formula is C40H45FN8O7. The van der Waals surface area contributed by atoms with Crippen molar-refractivity contribution in [2.45, 2.75) is 58.9 Å². The highest BCUT2D eigenvalue weighted by molar-refractivity contribution is 6.35. The van der Waals surface area contributed by atoms with Crippen LogP contribution in [-0.4, -0.2) is 101 Å². The molecule has 7 amide bonds. The number of unbranched alkanes of at least 4 members (excludes halogenated alkanes) is 1. The molecule has 1 saturated heterocycles. The highest BCUT2D eigenvalue weighted by atomic mass is 19.1. The van der Waals surface area contributed by atoms with Gasteiger partial charge in [-0.3, -0.25) is 43.8 Å². The molecule has 3 aliphatic heterocycles. The number of imide groups is 2. The van der Waals surface area contributed by atoms with Crippen molar-refractivity contribution in [1.29, 1.82) is 0 Å². The smallest absolute Gasteiger partial charge is 0.264 e. The first-order chi connectivity index (χ1) is 26.9. The monoisotopic (exact) mass is 768 g/mol. The Bertz CT molecular complexity index is 2140. The molecule has 0 spiro atoms. The quantitative estimate of drug-likeness (QED) is 0.0720. The van der Waals surface area contributed by atoms with Crippen LogP contribution in [0.1, 0.15) is 92.6 Å². The Kier molecular flexibility index (Phi) is 12.1. The molecular weight excluding hydrogens is 723 g/mol. The van der Waals surface area contributed by atoms with E-state index in [2.05, 4.69) is 36.5 Å². The number of carbonyl (C=O) groups is 7. The first-order valence-corrected chi connectivity index (χ1v) is 18.8. The van der Waals surface area contributed by atoms with Gasteiger partial charge in [0.05, 0.1) is 22.3 Å². The molecule has 16 heteroatoms. The van der Waals surface area contributed by atoms with E-state index in [4.69, 9.17) is 0 Å². The van der Waals surface area contributed by atoms with Crippen molar-refractivity contribution in [2.75, 3.05) is 49.9 Å². The first kappa shape index (κ1) is 39.5. The highest BCUT2D eigenvalue weighted by Crippen LogP contribution is 2.35. The van der Waals surface area contributed by atoms with Gasteiger partial charge in [0.15, 0.2) is 0 Å². The van der Waals surface area contributed by atoms with Crippen LogP contribution in [0.3, 0.4) is 0 Å². The predicted octanol–water partition coefficient (Wildman–Crippen LogP) is 3.11. The van der Waals surface area contributed by atoms with E-state index in [1.54, 1.807) is 38.1 Å². The average molecular weight is 769 g/mol. The molecule has 3 aliphatic rings. The Labute approximate surface area is 322 Å². The van der Waals surface area contributed by atoms with Gasteiger partial charge in [0.25, 0.3) is 23.6 Å². The molecule has 1 atom stereocenters. The molecule has 294 valence electrons. The number of aryl methyl sites for hydroxylation is 1. The van der Waals surface area contributed by atoms with Crippen LogP contribution < -0.4 is 26.6 Å². The standard InChI is InChI=1S/C40H45FN8O7/c1-4-48(19-17-44-38(54)34-22(2)30(45-23(34)3)21-27-26-20-24(41)11-12-28(26)46-36(27)52)18-16-43-32(50)10-5-6-15-42-29-9-7-8-25-35(29)40(56)49(39(25)55)31-13-14-33(51)47-37(31)53/h7-9,11-12,20-21,31,42,45H,4-6,10,13-19H2,1-3H3,(H,43,50)(H,44,54)(H,46,52)(H,47,51,53)/b27-21-. The van der Waals surface area contributed by atoms with Gasteiger partial charge < -0.3 is 31.2 Å². The number of amides is 7. The summed E-state index contributed by atoms with van der Waals surface area (Å²) >= 11 is 0. The average Bonchev–Trinajstić information content (AvgIpc) is 3.73. The van der Waals surface area contributed by atoms with E-state index in [0.29, 0.717) is 104 Å². The molecule has 1 unspecified atom stereocenters. The van der Waals surface area contributed by atoms with Crippen molar-refractivity contribution in [1.82, 2.24) is 30.7 Å². The maximum atomic E-state index is 13.9. The van der Waals surface area contributed by atoms with Gasteiger partial charge in [-0.1, -0.05) is 13.0 Å². The van der Waals surface area contributed by atoms with Gasteiger partial charge in [0.1, 0.15) is 11.9 Å². The van der Waals surface area contributed by atoms with Crippen LogP contribution in [0.2, 0.25) is 0 Å². The van der Waals surface area contributed by atoms with E-state index < -0.39 is 35.5 Å². The van der Waals surface area contributed by atoms with Crippen molar-refractivity contribution in [3.05, 3.63) is 81.4 Å². The summed E-state index contributed by atoms with van der Waals surface area (Å²) in [4.78, 5) is 94.8. The maximum Gasteiger partial charge on any atom is 0.264 e. The Morgan fingerprint density at radius 1 is 0.946 bits per heavy atom. The number of hydrogen-bond donors (Lipinski definition) is 6. The lowest BCUT2D eigenvalue weighted by atomic mass is 10.0. The summed E-state index contributed by atoms with van der Waals surface area (Å²) in [6.45, 7) is 8.70. The van der Waals surface area contributed by atoms with Crippen molar-refractivity contribution >= 4 is 64.4 Å². The number of H-pyrrole nitrogens is 1. The normalized spacial score (nSPS) is 16.9. The van der Waals surface area contributed by atoms with Crippen LogP contribution in [0.5, 0.6) is 0 Å². The van der Waals surface area contributed by atoms with Crippen LogP contribution >= 0.6 is 0 Å². The van der Waals surface area contributed by atoms with Crippen LogP contribution in [-0.2, 0) is 19.2 Å². The number of piperidine rings is 1. The minimum Gasteiger partial charge on any atom is -0.384 e. The van der Waals surface area contributed by atoms with E-state index in [0.717, 1.165) is 4.90 Å². The fourth-order valence-electron chi connectivity index (χ4n) is 7.29. The lowest BCUT2D eigenvalue weighted by molar-refractivity contribution is -0.136. The Morgan fingerprint density at radius 2 is 1.71 bits per heavy atom. The minimum absolute atomic E-state index is 0.0445. The number of nitrogens with zero attached hydrogens (tertiary/aromatic N) is 2. The van der Waals surface area contributed by atoms with E-state index in [-0.39, 0.29) is 41.7 Å². The second kappa shape index (κ2) is 17.1. The zero-order valence-electron chi connectivity index (χ0n) is 31.5. The molecule has 4 heterocycles. The van der Waals surface area contributed by atoms with Crippen LogP contribution in [0, 0.1) is 19.7 Å². The van der Waals surface area contributed by atoms with Gasteiger partial charge in [-0.25, -0.2) is 4.39 Å². The van der Waals surface area contributed by atoms with Gasteiger partial charge in [-0.15, -0.1) is 0 Å². The lowest BCUT2D eigenvalue weighted by Crippen LogP contribution is -2.54. The molecule has 1 fully saturated rings. The second-order valence-corrected chi connectivity index (χ2v) is 14.0. The zero-order valence-corrected chi connectivity index (χ0v) is 31.5. The Hall–Kier alpha value is -6.16. The molecule has 0 saturated carbocycles. The largest absolute Gasteiger partial charge is 0.384 e. The second-order valence-electron chi connectivity index (χ2n) is 14.0. The molecule has 15 nitrogen and oxygen atoms in total. The molecule has 1 aromatic heterocycles. The first-order valence-electron chi connectivity index (χ1n) is 18.8. The molecule has 6 rings (SSSR count). The number of likely N-dealkylation sites (N-methyl/N-ethyl adjacent to an activating group) is 1. The van der Waals surface area contributed by atoms with E-state index in [1.165, 1.54) is 18.2 Å². The van der Waals surface area contributed by atoms with Gasteiger partial charge in [0.2, 0.25) is 17.7 Å². The molecule has 2 aromatic carbocycles. The predicted molar refractivity (Wildman–Crippen MR) is 206 cm³/mol. The third kappa shape index (κ3) is 8.39. The third-order valence-electron chi connectivity index (χ3n) is 10.3. The van der Waals surface area contributed by atoms with Gasteiger partial charge in [-0.05, 0) is 81.6 Å². The number of hydrogen-bond acceptors (Lipinski definition) is 9. The summed E-state index contributed by atoms with van der Waals surface area (Å²) in [6, 6.07) is 7.96. The van der Waals surface area contributed by atoms with E-state index in [9.17, 15) is 38.0 Å². The highest BCUT2D eigenvalue weighted by Gasteiger charge is 2.45. The lowest BCUT2D eigenvalue weighted by Gasteiger charge is -2.27. The van der Waals surface area contributed by atoms with Crippen molar-refractivity contribution < 1.29 is 38.0 Å². The van der Waals surface area contributed by atoms with Gasteiger partial charge in [-0.2, -0.15) is 0 Å². The minimum atomic E-state index is -1.04. The third-order valence-corrected chi connectivity index (χ3v) is 10.3. The molecule has 6 N–H and O–H groups in total. The summed E-state index contributed by atoms with van der Waals surface area (Å²) < 4.78 is 13.9. The summed E-state index contributed by atoms with van der Waals surface area (Å²) in [5, 5.41) is 14.0. The molecule has 0 aliphatic carbocycles. The van der Waals surface area contributed by atoms with Gasteiger partial charge in [0, 0.05) is 73.9 Å². The Morgan fingerprint density at radius 3 is 2.46 bits per heavy atom. The number of nitrogens with one attached hydrogen (secondary N) is 6. The topological polar surface area (TPSA) is 202 Å². The van der Waals surface area contributed by atoms with E-state index >= 15 is 0 Å². The number of halogens is 1. The summed E-state index contributed by atoms with van der Waals surface area (Å²) in [5.74, 6) is -3.39. The molecule has 3 aromatic rings. The number of aromatic amines is 1. The van der Waals surface area contributed by atoms with Crippen LogP contribution in [0.4, 0.5) is 15.8 Å². The zero-order chi connectivity index (χ0) is 40.1. The summed E-state index contributed by atoms with van der Waals surface area (Å²) in [7, 11) is 0. The number of benzene rings is 2. The fourth-order valence-corrected chi connectivity index (χ4v) is 7.29. The van der Waals surface area contributed by atoms with Crippen LogP contribution in [0.25, 0.3) is 11.6 Å². The van der Waals surface area contributed by atoms with Crippen molar-refractivity contribution in [2.24, 2.45) is 0 Å². The number of fused-ring (bicyclic) bond motifs is 2.